The summed E-state index contributed by atoms with van der Waals surface area (Å²) in [4.78, 5) is 25.6. The maximum atomic E-state index is 11.1. The van der Waals surface area contributed by atoms with Gasteiger partial charge in [0.2, 0.25) is 5.91 Å². The monoisotopic (exact) mass is 240 g/mol. The second-order valence-electron chi connectivity index (χ2n) is 3.01. The molecule has 16 heavy (non-hydrogen) atoms. The van der Waals surface area contributed by atoms with Crippen LogP contribution in [0.15, 0.2) is 11.5 Å². The number of aromatic nitrogens is 1. The normalized spacial score (nSPS) is 10.6. The highest BCUT2D eigenvalue weighted by Gasteiger charge is 2.00. The van der Waals surface area contributed by atoms with E-state index in [4.69, 9.17) is 10.5 Å². The van der Waals surface area contributed by atoms with Crippen LogP contribution in [0.25, 0.3) is 6.08 Å². The van der Waals surface area contributed by atoms with E-state index in [2.05, 4.69) is 4.98 Å². The molecule has 0 saturated carbocycles. The van der Waals surface area contributed by atoms with Crippen LogP contribution in [-0.4, -0.2) is 23.5 Å². The molecule has 0 aliphatic rings. The van der Waals surface area contributed by atoms with Crippen LogP contribution in [0.3, 0.4) is 0 Å². The van der Waals surface area contributed by atoms with Crippen LogP contribution in [-0.2, 0) is 14.3 Å². The van der Waals surface area contributed by atoms with E-state index in [0.29, 0.717) is 5.69 Å². The molecule has 0 atom stereocenters. The highest BCUT2D eigenvalue weighted by atomic mass is 32.1. The van der Waals surface area contributed by atoms with Gasteiger partial charge in [0.05, 0.1) is 17.1 Å². The zero-order valence-electron chi connectivity index (χ0n) is 8.80. The Labute approximate surface area is 96.9 Å². The van der Waals surface area contributed by atoms with Gasteiger partial charge in [-0.15, -0.1) is 11.3 Å². The van der Waals surface area contributed by atoms with Crippen molar-refractivity contribution in [2.75, 3.05) is 6.61 Å². The second kappa shape index (κ2) is 6.02. The summed E-state index contributed by atoms with van der Waals surface area (Å²) in [6.45, 7) is 1.89. The molecule has 1 aromatic rings. The quantitative estimate of drug-likeness (QED) is 0.612. The molecule has 2 N–H and O–H groups in total. The van der Waals surface area contributed by atoms with Gasteiger partial charge < -0.3 is 10.5 Å². The summed E-state index contributed by atoms with van der Waals surface area (Å²) in [6, 6.07) is 0. The maximum absolute atomic E-state index is 11.1. The Morgan fingerprint density at radius 3 is 2.94 bits per heavy atom. The zero-order valence-corrected chi connectivity index (χ0v) is 9.62. The standard InChI is InChI=1S/C10H12N2O3S/c1-7-12-8(6-16-7)2-3-10(14)15-5-4-9(11)13/h2-3,6H,4-5H2,1H3,(H2,11,13)/b3-2+. The van der Waals surface area contributed by atoms with Crippen molar-refractivity contribution in [1.82, 2.24) is 4.98 Å². The van der Waals surface area contributed by atoms with Crippen LogP contribution in [0.4, 0.5) is 0 Å². The zero-order chi connectivity index (χ0) is 12.0. The van der Waals surface area contributed by atoms with Gasteiger partial charge >= 0.3 is 5.97 Å². The number of carbonyl (C=O) groups is 2. The van der Waals surface area contributed by atoms with E-state index in [9.17, 15) is 9.59 Å². The summed E-state index contributed by atoms with van der Waals surface area (Å²) in [6.07, 6.45) is 2.88. The number of hydrogen-bond donors (Lipinski definition) is 1. The molecule has 0 unspecified atom stereocenters. The molecule has 0 bridgehead atoms. The Morgan fingerprint density at radius 2 is 2.38 bits per heavy atom. The molecule has 0 aromatic carbocycles. The number of carbonyl (C=O) groups excluding carboxylic acids is 2. The minimum Gasteiger partial charge on any atom is -0.462 e. The van der Waals surface area contributed by atoms with Crippen molar-refractivity contribution in [2.24, 2.45) is 5.73 Å². The van der Waals surface area contributed by atoms with Crippen molar-refractivity contribution in [3.8, 4) is 0 Å². The van der Waals surface area contributed by atoms with E-state index in [-0.39, 0.29) is 13.0 Å². The van der Waals surface area contributed by atoms with Gasteiger partial charge in [0.1, 0.15) is 6.61 Å². The van der Waals surface area contributed by atoms with E-state index in [1.807, 2.05) is 12.3 Å². The highest BCUT2D eigenvalue weighted by Crippen LogP contribution is 2.09. The number of primary amides is 1. The number of ether oxygens (including phenoxy) is 1. The smallest absolute Gasteiger partial charge is 0.330 e. The summed E-state index contributed by atoms with van der Waals surface area (Å²) in [5.41, 5.74) is 5.61. The second-order valence-corrected chi connectivity index (χ2v) is 4.07. The average Bonchev–Trinajstić information content (AvgIpc) is 2.61. The van der Waals surface area contributed by atoms with Gasteiger partial charge in [-0.25, -0.2) is 9.78 Å². The number of aryl methyl sites for hydroxylation is 1. The van der Waals surface area contributed by atoms with Crippen LogP contribution in [0.2, 0.25) is 0 Å². The molecule has 0 spiro atoms. The minimum absolute atomic E-state index is 0.00853. The van der Waals surface area contributed by atoms with E-state index >= 15 is 0 Å². The Morgan fingerprint density at radius 1 is 1.62 bits per heavy atom. The molecule has 0 fully saturated rings. The van der Waals surface area contributed by atoms with Crippen LogP contribution < -0.4 is 5.73 Å². The predicted molar refractivity (Wildman–Crippen MR) is 60.7 cm³/mol. The van der Waals surface area contributed by atoms with Crippen molar-refractivity contribution in [3.05, 3.63) is 22.2 Å². The third kappa shape index (κ3) is 4.70. The predicted octanol–water partition coefficient (Wildman–Crippen LogP) is 0.883. The number of hydrogen-bond acceptors (Lipinski definition) is 5. The lowest BCUT2D eigenvalue weighted by molar-refractivity contribution is -0.138. The van der Waals surface area contributed by atoms with Crippen LogP contribution in [0.5, 0.6) is 0 Å². The van der Waals surface area contributed by atoms with Gasteiger partial charge in [-0.1, -0.05) is 0 Å². The molecule has 0 aliphatic heterocycles. The van der Waals surface area contributed by atoms with Crippen LogP contribution >= 0.6 is 11.3 Å². The van der Waals surface area contributed by atoms with E-state index in [1.54, 1.807) is 6.08 Å². The van der Waals surface area contributed by atoms with Gasteiger partial charge in [-0.3, -0.25) is 4.79 Å². The molecule has 6 heteroatoms. The van der Waals surface area contributed by atoms with Gasteiger partial charge in [0.15, 0.2) is 0 Å². The summed E-state index contributed by atoms with van der Waals surface area (Å²) in [7, 11) is 0. The fourth-order valence-corrected chi connectivity index (χ4v) is 1.49. The Balaban J connectivity index is 2.34. The van der Waals surface area contributed by atoms with Crippen LogP contribution in [0.1, 0.15) is 17.1 Å². The minimum atomic E-state index is -0.507. The summed E-state index contributed by atoms with van der Waals surface area (Å²) >= 11 is 1.50. The summed E-state index contributed by atoms with van der Waals surface area (Å²) < 4.78 is 4.73. The molecule has 1 heterocycles. The molecule has 0 radical (unpaired) electrons. The van der Waals surface area contributed by atoms with E-state index in [0.717, 1.165) is 5.01 Å². The largest absolute Gasteiger partial charge is 0.462 e. The molecule has 86 valence electrons. The Bertz CT molecular complexity index is 412. The van der Waals surface area contributed by atoms with Crippen molar-refractivity contribution >= 4 is 29.3 Å². The maximum Gasteiger partial charge on any atom is 0.330 e. The molecule has 1 rings (SSSR count). The number of amides is 1. The first-order valence-corrected chi connectivity index (χ1v) is 5.51. The topological polar surface area (TPSA) is 82.3 Å². The summed E-state index contributed by atoms with van der Waals surface area (Å²) in [5.74, 6) is -1.00. The SMILES string of the molecule is Cc1nc(/C=C/C(=O)OCCC(N)=O)cs1. The molecule has 0 aliphatic carbocycles. The summed E-state index contributed by atoms with van der Waals surface area (Å²) in [5, 5.41) is 2.77. The number of nitrogens with two attached hydrogens (primary N) is 1. The lowest BCUT2D eigenvalue weighted by atomic mass is 10.4. The molecule has 0 saturated heterocycles. The van der Waals surface area contributed by atoms with Crippen molar-refractivity contribution in [2.45, 2.75) is 13.3 Å². The fraction of sp³-hybridized carbons (Fsp3) is 0.300. The van der Waals surface area contributed by atoms with Crippen molar-refractivity contribution < 1.29 is 14.3 Å². The van der Waals surface area contributed by atoms with Gasteiger partial charge in [0, 0.05) is 11.5 Å². The Hall–Kier alpha value is -1.69. The van der Waals surface area contributed by atoms with E-state index in [1.165, 1.54) is 17.4 Å². The lowest BCUT2D eigenvalue weighted by Gasteiger charge is -1.97. The molecule has 5 nitrogen and oxygen atoms in total. The third-order valence-electron chi connectivity index (χ3n) is 1.62. The molecular weight excluding hydrogens is 228 g/mol. The Kier molecular flexibility index (Phi) is 4.65. The lowest BCUT2D eigenvalue weighted by Crippen LogP contribution is -2.14. The first kappa shape index (κ1) is 12.4. The van der Waals surface area contributed by atoms with Crippen molar-refractivity contribution in [3.63, 3.8) is 0 Å². The van der Waals surface area contributed by atoms with Crippen LogP contribution in [0, 0.1) is 6.92 Å². The third-order valence-corrected chi connectivity index (χ3v) is 2.41. The fourth-order valence-electron chi connectivity index (χ4n) is 0.910. The van der Waals surface area contributed by atoms with Crippen molar-refractivity contribution in [1.29, 1.82) is 0 Å². The first-order chi connectivity index (χ1) is 7.58. The number of esters is 1. The van der Waals surface area contributed by atoms with Gasteiger partial charge in [-0.05, 0) is 13.0 Å². The molecule has 1 aromatic heterocycles. The number of nitrogens with zero attached hydrogens (tertiary/aromatic N) is 1. The van der Waals surface area contributed by atoms with Gasteiger partial charge in [-0.2, -0.15) is 0 Å². The number of rotatable bonds is 5. The van der Waals surface area contributed by atoms with E-state index < -0.39 is 11.9 Å². The highest BCUT2D eigenvalue weighted by molar-refractivity contribution is 7.09. The first-order valence-electron chi connectivity index (χ1n) is 4.63. The molecule has 1 amide bonds. The van der Waals surface area contributed by atoms with Gasteiger partial charge in [0.25, 0.3) is 0 Å². The molecular formula is C10H12N2O3S. The average molecular weight is 240 g/mol. The number of thiazole rings is 1.